The van der Waals surface area contributed by atoms with Crippen molar-refractivity contribution < 1.29 is 32.1 Å². The number of morpholine rings is 1. The topological polar surface area (TPSA) is 134 Å². The molecule has 208 valence electrons. The summed E-state index contributed by atoms with van der Waals surface area (Å²) in [6.45, 7) is 3.39. The molecule has 14 heteroatoms. The number of aromatic nitrogens is 1. The molecule has 5 rings (SSSR count). The van der Waals surface area contributed by atoms with Gasteiger partial charge < -0.3 is 20.3 Å². The fraction of sp³-hybridized carbons (Fsp3) is 0.269. The van der Waals surface area contributed by atoms with Crippen molar-refractivity contribution in [3.8, 4) is 0 Å². The van der Waals surface area contributed by atoms with Gasteiger partial charge in [0.25, 0.3) is 11.7 Å². The lowest BCUT2D eigenvalue weighted by Crippen LogP contribution is -2.53. The van der Waals surface area contributed by atoms with Crippen LogP contribution in [0.3, 0.4) is 0 Å². The highest BCUT2D eigenvalue weighted by Crippen LogP contribution is 2.34. The minimum absolute atomic E-state index is 0.191. The van der Waals surface area contributed by atoms with Crippen LogP contribution < -0.4 is 16.5 Å². The maximum absolute atomic E-state index is 13.0. The first-order valence-electron chi connectivity index (χ1n) is 12.4. The number of aliphatic imine (C=N–C) groups is 2. The van der Waals surface area contributed by atoms with E-state index in [9.17, 15) is 22.8 Å². The maximum atomic E-state index is 13.0. The van der Waals surface area contributed by atoms with Crippen LogP contribution in [-0.4, -0.2) is 70.8 Å². The molecule has 1 aromatic carbocycles. The number of carbonyl (C=O) groups excluding carboxylic acids is 2. The second-order valence-electron chi connectivity index (χ2n) is 9.16. The zero-order valence-electron chi connectivity index (χ0n) is 21.4. The second kappa shape index (κ2) is 10.6. The van der Waals surface area contributed by atoms with E-state index in [0.29, 0.717) is 42.5 Å². The van der Waals surface area contributed by atoms with Gasteiger partial charge >= 0.3 is 12.2 Å². The normalized spacial score (nSPS) is 22.2. The second-order valence-corrected chi connectivity index (χ2v) is 9.16. The quantitative estimate of drug-likeness (QED) is 0.385. The number of quaternary nitrogens is 1. The Hall–Kier alpha value is -4.40. The molecule has 0 saturated carbocycles. The smallest absolute Gasteiger partial charge is 0.368 e. The van der Waals surface area contributed by atoms with Crippen molar-refractivity contribution in [3.05, 3.63) is 83.1 Å². The van der Waals surface area contributed by atoms with E-state index >= 15 is 0 Å². The number of pyridine rings is 1. The van der Waals surface area contributed by atoms with Crippen molar-refractivity contribution in [1.82, 2.24) is 15.2 Å². The van der Waals surface area contributed by atoms with Crippen LogP contribution in [0.15, 0.2) is 76.4 Å². The molecule has 3 aliphatic rings. The van der Waals surface area contributed by atoms with Gasteiger partial charge in [-0.3, -0.25) is 9.79 Å². The van der Waals surface area contributed by atoms with E-state index in [4.69, 9.17) is 15.6 Å². The Morgan fingerprint density at radius 2 is 2.00 bits per heavy atom. The number of hydrogen-bond acceptors (Lipinski definition) is 7. The number of carbonyl (C=O) groups is 2. The lowest BCUT2D eigenvalue weighted by atomic mass is 10.1. The van der Waals surface area contributed by atoms with E-state index in [1.54, 1.807) is 35.6 Å². The number of fused-ring (bicyclic) bond motifs is 1. The fourth-order valence-electron chi connectivity index (χ4n) is 4.54. The Morgan fingerprint density at radius 3 is 2.73 bits per heavy atom. The summed E-state index contributed by atoms with van der Waals surface area (Å²) in [5.74, 6) is 6.36. The van der Waals surface area contributed by atoms with Crippen molar-refractivity contribution in [2.45, 2.75) is 19.2 Å². The monoisotopic (exact) mass is 555 g/mol. The molecular formula is C26H26F3N8O3+. The summed E-state index contributed by atoms with van der Waals surface area (Å²) >= 11 is 0. The van der Waals surface area contributed by atoms with Crippen LogP contribution >= 0.6 is 0 Å². The first kappa shape index (κ1) is 27.2. The SMILES string of the molecule is CCNC(=O)N1CCOC(C2=C3C=NC=C[N+]3(N)C(c3ccc(C(=O)Nc4cc(C(F)(F)F)ccn4)cc3)=N2)C1. The van der Waals surface area contributed by atoms with Gasteiger partial charge in [-0.2, -0.15) is 24.0 Å². The van der Waals surface area contributed by atoms with Crippen molar-refractivity contribution in [2.75, 3.05) is 31.6 Å². The zero-order valence-corrected chi connectivity index (χ0v) is 21.4. The average Bonchev–Trinajstić information content (AvgIpc) is 3.26. The van der Waals surface area contributed by atoms with Gasteiger partial charge in [0.2, 0.25) is 5.70 Å². The summed E-state index contributed by atoms with van der Waals surface area (Å²) in [4.78, 5) is 39.6. The number of halogens is 3. The predicted octanol–water partition coefficient (Wildman–Crippen LogP) is 3.00. The van der Waals surface area contributed by atoms with Crippen molar-refractivity contribution in [1.29, 1.82) is 0 Å². The van der Waals surface area contributed by atoms with Gasteiger partial charge in [-0.1, -0.05) is 0 Å². The highest BCUT2D eigenvalue weighted by molar-refractivity contribution is 6.05. The highest BCUT2D eigenvalue weighted by Gasteiger charge is 2.47. The van der Waals surface area contributed by atoms with E-state index in [2.05, 4.69) is 20.6 Å². The average molecular weight is 556 g/mol. The highest BCUT2D eigenvalue weighted by atomic mass is 19.4. The molecule has 2 unspecified atom stereocenters. The van der Waals surface area contributed by atoms with E-state index in [1.807, 2.05) is 6.92 Å². The predicted molar refractivity (Wildman–Crippen MR) is 140 cm³/mol. The van der Waals surface area contributed by atoms with Gasteiger partial charge in [0.15, 0.2) is 0 Å². The number of benzene rings is 1. The number of allylic oxidation sites excluding steroid dienone is 1. The third kappa shape index (κ3) is 5.23. The van der Waals surface area contributed by atoms with Crippen LogP contribution in [0.4, 0.5) is 23.8 Å². The van der Waals surface area contributed by atoms with E-state index in [1.165, 1.54) is 12.1 Å². The summed E-state index contributed by atoms with van der Waals surface area (Å²) in [5.41, 5.74) is 0.995. The van der Waals surface area contributed by atoms with Crippen LogP contribution in [0.25, 0.3) is 0 Å². The third-order valence-corrected chi connectivity index (χ3v) is 6.54. The Labute approximate surface area is 227 Å². The Morgan fingerprint density at radius 1 is 1.23 bits per heavy atom. The van der Waals surface area contributed by atoms with Gasteiger partial charge in [-0.05, 0) is 43.3 Å². The first-order valence-corrected chi connectivity index (χ1v) is 12.4. The number of rotatable bonds is 5. The summed E-state index contributed by atoms with van der Waals surface area (Å²) in [5, 5.41) is 5.18. The number of nitrogens with two attached hydrogens (primary N) is 1. The molecule has 40 heavy (non-hydrogen) atoms. The number of nitrogens with one attached hydrogen (secondary N) is 2. The molecule has 0 aliphatic carbocycles. The van der Waals surface area contributed by atoms with Crippen molar-refractivity contribution in [2.24, 2.45) is 15.8 Å². The number of ether oxygens (including phenoxy) is 1. The number of amidine groups is 1. The summed E-state index contributed by atoms with van der Waals surface area (Å²) in [6.07, 6.45) is 0.694. The van der Waals surface area contributed by atoms with Crippen LogP contribution in [0.1, 0.15) is 28.4 Å². The minimum Gasteiger partial charge on any atom is -0.368 e. The number of hydrogen-bond donors (Lipinski definition) is 3. The molecule has 3 aliphatic heterocycles. The number of amides is 3. The van der Waals surface area contributed by atoms with Gasteiger partial charge in [-0.15, -0.1) is 4.59 Å². The van der Waals surface area contributed by atoms with Gasteiger partial charge in [0, 0.05) is 24.8 Å². The van der Waals surface area contributed by atoms with Gasteiger partial charge in [-0.25, -0.2) is 9.78 Å². The van der Waals surface area contributed by atoms with E-state index in [0.717, 1.165) is 18.3 Å². The molecular weight excluding hydrogens is 529 g/mol. The van der Waals surface area contributed by atoms with Crippen LogP contribution in [-0.2, 0) is 10.9 Å². The lowest BCUT2D eigenvalue weighted by molar-refractivity contribution is -0.750. The third-order valence-electron chi connectivity index (χ3n) is 6.54. The molecule has 0 radical (unpaired) electrons. The molecule has 4 N–H and O–H groups in total. The number of urea groups is 1. The summed E-state index contributed by atoms with van der Waals surface area (Å²) in [7, 11) is 0. The minimum atomic E-state index is -4.56. The largest absolute Gasteiger partial charge is 0.416 e. The molecule has 1 fully saturated rings. The molecule has 1 aromatic heterocycles. The molecule has 11 nitrogen and oxygen atoms in total. The number of alkyl halides is 3. The molecule has 2 atom stereocenters. The van der Waals surface area contributed by atoms with Gasteiger partial charge in [0.1, 0.15) is 23.8 Å². The van der Waals surface area contributed by atoms with Crippen LogP contribution in [0, 0.1) is 0 Å². The molecule has 4 heterocycles. The standard InChI is InChI=1S/C26H25F3N8O3/c1-2-32-25(39)36-10-12-40-20(15-36)22-19-14-31-9-11-37(19,30)23(35-22)16-3-5-17(6-4-16)24(38)34-21-13-18(7-8-33-21)26(27,28)29/h3-9,11,13-14,20H,2,10,12,15,30H2,1H3,(H-,32,33,34,38,39)/p+1. The lowest BCUT2D eigenvalue weighted by Gasteiger charge is -2.33. The summed E-state index contributed by atoms with van der Waals surface area (Å²) in [6, 6.07) is 7.71. The Balaban J connectivity index is 1.37. The van der Waals surface area contributed by atoms with E-state index in [-0.39, 0.29) is 28.5 Å². The molecule has 0 spiro atoms. The first-order chi connectivity index (χ1) is 19.1. The van der Waals surface area contributed by atoms with Crippen LogP contribution in [0.5, 0.6) is 0 Å². The maximum Gasteiger partial charge on any atom is 0.416 e. The van der Waals surface area contributed by atoms with E-state index < -0.39 is 23.8 Å². The van der Waals surface area contributed by atoms with Crippen LogP contribution in [0.2, 0.25) is 0 Å². The molecule has 1 saturated heterocycles. The summed E-state index contributed by atoms with van der Waals surface area (Å²) < 4.78 is 44.7. The fourth-order valence-corrected chi connectivity index (χ4v) is 4.54. The molecule has 3 amide bonds. The zero-order chi connectivity index (χ0) is 28.5. The van der Waals surface area contributed by atoms with Crippen molar-refractivity contribution in [3.63, 3.8) is 0 Å². The van der Waals surface area contributed by atoms with Gasteiger partial charge in [0.05, 0.1) is 36.7 Å². The number of anilines is 1. The van der Waals surface area contributed by atoms with Crippen molar-refractivity contribution >= 4 is 29.8 Å². The molecule has 2 aromatic rings. The number of nitrogens with zero attached hydrogens (tertiary/aromatic N) is 5. The Bertz CT molecular complexity index is 1450. The Kier molecular flexibility index (Phi) is 7.23. The molecule has 0 bridgehead atoms.